The third-order valence-corrected chi connectivity index (χ3v) is 5.97. The predicted octanol–water partition coefficient (Wildman–Crippen LogP) is 3.01. The fourth-order valence-electron chi connectivity index (χ4n) is 4.02. The number of hydrogen-bond acceptors (Lipinski definition) is 7. The summed E-state index contributed by atoms with van der Waals surface area (Å²) in [6.07, 6.45) is -0.822. The molecule has 0 bridgehead atoms. The highest BCUT2D eigenvalue weighted by Crippen LogP contribution is 2.56. The molecule has 4 heterocycles. The first kappa shape index (κ1) is 20.1. The number of rotatable bonds is 3. The Bertz CT molecular complexity index is 1150. The number of fused-ring (bicyclic) bond motifs is 1. The molecular formula is C20H22F3N7O. The van der Waals surface area contributed by atoms with Crippen LogP contribution < -0.4 is 4.90 Å². The van der Waals surface area contributed by atoms with Crippen molar-refractivity contribution in [2.75, 3.05) is 24.6 Å². The second-order valence-electron chi connectivity index (χ2n) is 8.22. The van der Waals surface area contributed by atoms with Gasteiger partial charge < -0.3 is 9.64 Å². The normalized spacial score (nSPS) is 24.1. The first-order valence-corrected chi connectivity index (χ1v) is 10.2. The summed E-state index contributed by atoms with van der Waals surface area (Å²) in [5.74, 6) is -1.74. The highest BCUT2D eigenvalue weighted by Gasteiger charge is 2.57. The molecule has 2 aliphatic rings. The van der Waals surface area contributed by atoms with E-state index in [4.69, 9.17) is 4.74 Å². The van der Waals surface area contributed by atoms with Crippen molar-refractivity contribution in [1.29, 1.82) is 0 Å². The predicted molar refractivity (Wildman–Crippen MR) is 106 cm³/mol. The number of morpholine rings is 1. The molecule has 1 saturated heterocycles. The van der Waals surface area contributed by atoms with Crippen LogP contribution in [0.25, 0.3) is 11.2 Å². The van der Waals surface area contributed by atoms with Gasteiger partial charge in [0.1, 0.15) is 11.6 Å². The number of ether oxygens (including phenoxy) is 1. The molecule has 2 fully saturated rings. The van der Waals surface area contributed by atoms with Gasteiger partial charge in [-0.25, -0.2) is 15.0 Å². The van der Waals surface area contributed by atoms with Crippen LogP contribution in [0.3, 0.4) is 0 Å². The van der Waals surface area contributed by atoms with E-state index in [1.165, 1.54) is 0 Å². The van der Waals surface area contributed by atoms with Crippen molar-refractivity contribution in [1.82, 2.24) is 29.7 Å². The van der Waals surface area contributed by atoms with Crippen LogP contribution in [0.1, 0.15) is 41.1 Å². The molecule has 5 rings (SSSR count). The van der Waals surface area contributed by atoms with Crippen molar-refractivity contribution in [3.63, 3.8) is 0 Å². The number of hydrogen-bond donors (Lipinski definition) is 0. The van der Waals surface area contributed by atoms with Crippen LogP contribution in [0.15, 0.2) is 12.4 Å². The topological polar surface area (TPSA) is 81.9 Å². The van der Waals surface area contributed by atoms with E-state index >= 15 is 0 Å². The van der Waals surface area contributed by atoms with Crippen LogP contribution in [-0.2, 0) is 11.8 Å². The van der Waals surface area contributed by atoms with Crippen LogP contribution in [-0.4, -0.2) is 55.6 Å². The number of halogens is 3. The van der Waals surface area contributed by atoms with E-state index in [-0.39, 0.29) is 12.5 Å². The van der Waals surface area contributed by atoms with Crippen LogP contribution >= 0.6 is 0 Å². The highest BCUT2D eigenvalue weighted by molar-refractivity contribution is 5.75. The van der Waals surface area contributed by atoms with Gasteiger partial charge in [0.15, 0.2) is 5.65 Å². The van der Waals surface area contributed by atoms with Crippen molar-refractivity contribution in [2.45, 2.75) is 38.5 Å². The summed E-state index contributed by atoms with van der Waals surface area (Å²) in [6.45, 7) is 5.05. The largest absolute Gasteiger partial charge is 0.392 e. The molecule has 0 radical (unpaired) electrons. The SMILES string of the molecule is Cc1nc2nc(N3CCO[C@@H](c4cnn(C)c4)C3)nc([C@@H]3CC3C(F)(F)F)c2nc1C. The smallest absolute Gasteiger partial charge is 0.370 e. The van der Waals surface area contributed by atoms with Gasteiger partial charge >= 0.3 is 6.18 Å². The monoisotopic (exact) mass is 433 g/mol. The van der Waals surface area contributed by atoms with E-state index < -0.39 is 18.0 Å². The Balaban J connectivity index is 1.54. The summed E-state index contributed by atoms with van der Waals surface area (Å²) in [5, 5.41) is 4.19. The second-order valence-corrected chi connectivity index (χ2v) is 8.22. The minimum atomic E-state index is -4.25. The van der Waals surface area contributed by atoms with Crippen LogP contribution in [0, 0.1) is 19.8 Å². The molecule has 31 heavy (non-hydrogen) atoms. The summed E-state index contributed by atoms with van der Waals surface area (Å²) in [6, 6.07) is 0. The van der Waals surface area contributed by atoms with Crippen molar-refractivity contribution in [3.8, 4) is 0 Å². The molecule has 164 valence electrons. The van der Waals surface area contributed by atoms with Gasteiger partial charge in [0.2, 0.25) is 5.95 Å². The maximum atomic E-state index is 13.3. The molecule has 1 unspecified atom stereocenters. The standard InChI is InChI=1S/C20H22F3N7O/c1-10-11(2)26-18-17(25-10)16(13-6-14(13)20(21,22)23)27-19(28-18)30-4-5-31-15(9-30)12-7-24-29(3)8-12/h7-8,13-15H,4-6,9H2,1-3H3/t13-,14?,15-/m1/s1. The van der Waals surface area contributed by atoms with E-state index in [1.54, 1.807) is 17.8 Å². The molecule has 0 amide bonds. The van der Waals surface area contributed by atoms with E-state index in [2.05, 4.69) is 25.0 Å². The number of aryl methyl sites for hydroxylation is 3. The molecule has 1 aliphatic heterocycles. The Hall–Kier alpha value is -2.82. The molecule has 8 nitrogen and oxygen atoms in total. The van der Waals surface area contributed by atoms with Gasteiger partial charge in [-0.05, 0) is 20.3 Å². The summed E-state index contributed by atoms with van der Waals surface area (Å²) >= 11 is 0. The lowest BCUT2D eigenvalue weighted by atomic mass is 10.1. The maximum absolute atomic E-state index is 13.3. The number of alkyl halides is 3. The zero-order chi connectivity index (χ0) is 21.9. The zero-order valence-corrected chi connectivity index (χ0v) is 17.4. The molecule has 1 aliphatic carbocycles. The lowest BCUT2D eigenvalue weighted by Gasteiger charge is -2.32. The van der Waals surface area contributed by atoms with Gasteiger partial charge in [0.25, 0.3) is 0 Å². The van der Waals surface area contributed by atoms with Crippen LogP contribution in [0.4, 0.5) is 19.1 Å². The van der Waals surface area contributed by atoms with E-state index in [1.807, 2.05) is 25.1 Å². The Labute approximate surface area is 176 Å². The summed E-state index contributed by atoms with van der Waals surface area (Å²) < 4.78 is 47.5. The highest BCUT2D eigenvalue weighted by atomic mass is 19.4. The van der Waals surface area contributed by atoms with Gasteiger partial charge in [0, 0.05) is 31.3 Å². The van der Waals surface area contributed by atoms with Crippen molar-refractivity contribution >= 4 is 17.1 Å². The average molecular weight is 433 g/mol. The lowest BCUT2D eigenvalue weighted by Crippen LogP contribution is -2.39. The van der Waals surface area contributed by atoms with Gasteiger partial charge in [-0.3, -0.25) is 4.68 Å². The van der Waals surface area contributed by atoms with E-state index in [0.29, 0.717) is 53.9 Å². The van der Waals surface area contributed by atoms with Crippen molar-refractivity contribution in [3.05, 3.63) is 35.0 Å². The molecule has 3 atom stereocenters. The second kappa shape index (κ2) is 7.11. The van der Waals surface area contributed by atoms with Gasteiger partial charge in [0.05, 0.1) is 42.3 Å². The minimum absolute atomic E-state index is 0.0189. The molecule has 3 aromatic rings. The number of anilines is 1. The molecule has 1 saturated carbocycles. The third kappa shape index (κ3) is 3.71. The fraction of sp³-hybridized carbons (Fsp3) is 0.550. The molecule has 0 N–H and O–H groups in total. The molecule has 3 aromatic heterocycles. The summed E-state index contributed by atoms with van der Waals surface area (Å²) in [4.78, 5) is 20.1. The Morgan fingerprint density at radius 1 is 1.10 bits per heavy atom. The Kier molecular flexibility index (Phi) is 4.61. The average Bonchev–Trinajstić information content (AvgIpc) is 3.43. The molecular weight excluding hydrogens is 411 g/mol. The first-order valence-electron chi connectivity index (χ1n) is 10.2. The van der Waals surface area contributed by atoms with E-state index in [9.17, 15) is 13.2 Å². The Morgan fingerprint density at radius 2 is 1.87 bits per heavy atom. The lowest BCUT2D eigenvalue weighted by molar-refractivity contribution is -0.148. The van der Waals surface area contributed by atoms with Gasteiger partial charge in [-0.2, -0.15) is 23.3 Å². The van der Waals surface area contributed by atoms with Gasteiger partial charge in [-0.1, -0.05) is 0 Å². The van der Waals surface area contributed by atoms with Crippen molar-refractivity contribution < 1.29 is 17.9 Å². The van der Waals surface area contributed by atoms with Crippen LogP contribution in [0.5, 0.6) is 0 Å². The Morgan fingerprint density at radius 3 is 2.55 bits per heavy atom. The molecule has 0 spiro atoms. The summed E-state index contributed by atoms with van der Waals surface area (Å²) in [7, 11) is 1.83. The van der Waals surface area contributed by atoms with Crippen molar-refractivity contribution in [2.24, 2.45) is 13.0 Å². The summed E-state index contributed by atoms with van der Waals surface area (Å²) in [5.41, 5.74) is 3.32. The molecule has 11 heteroatoms. The van der Waals surface area contributed by atoms with E-state index in [0.717, 1.165) is 5.56 Å². The minimum Gasteiger partial charge on any atom is -0.370 e. The maximum Gasteiger partial charge on any atom is 0.392 e. The fourth-order valence-corrected chi connectivity index (χ4v) is 4.02. The first-order chi connectivity index (χ1) is 14.7. The number of nitrogens with zero attached hydrogens (tertiary/aromatic N) is 7. The van der Waals surface area contributed by atoms with Crippen LogP contribution in [0.2, 0.25) is 0 Å². The van der Waals surface area contributed by atoms with Gasteiger partial charge in [-0.15, -0.1) is 0 Å². The quantitative estimate of drug-likeness (QED) is 0.628. The number of aromatic nitrogens is 6. The molecule has 0 aromatic carbocycles. The zero-order valence-electron chi connectivity index (χ0n) is 17.4. The third-order valence-electron chi connectivity index (χ3n) is 5.97.